The van der Waals surface area contributed by atoms with Gasteiger partial charge in [-0.1, -0.05) is 6.58 Å². The molecule has 0 aliphatic heterocycles. The highest BCUT2D eigenvalue weighted by Crippen LogP contribution is 2.01. The fourth-order valence-electron chi connectivity index (χ4n) is 1.20. The molecule has 0 spiro atoms. The Balaban J connectivity index is 3.69. The molecule has 0 fully saturated rings. The Kier molecular flexibility index (Phi) is 9.87. The maximum Gasteiger partial charge on any atom is 0.333 e. The van der Waals surface area contributed by atoms with Crippen molar-refractivity contribution in [2.75, 3.05) is 19.8 Å². The number of ether oxygens (including phenoxy) is 4. The fraction of sp³-hybridized carbons (Fsp3) is 0.643. The molecule has 1 atom stereocenters. The third-order valence-electron chi connectivity index (χ3n) is 2.16. The highest BCUT2D eigenvalue weighted by atomic mass is 16.7. The van der Waals surface area contributed by atoms with E-state index in [2.05, 4.69) is 6.58 Å². The molecule has 1 unspecified atom stereocenters. The van der Waals surface area contributed by atoms with Crippen molar-refractivity contribution in [3.05, 3.63) is 12.2 Å². The predicted octanol–water partition coefficient (Wildman–Crippen LogP) is 1.35. The highest BCUT2D eigenvalue weighted by Gasteiger charge is 2.12. The topological polar surface area (TPSA) is 88.1 Å². The van der Waals surface area contributed by atoms with Crippen LogP contribution in [0.1, 0.15) is 33.6 Å². The largest absolute Gasteiger partial charge is 0.462 e. The second-order valence-corrected chi connectivity index (χ2v) is 4.15. The minimum atomic E-state index is -0.639. The summed E-state index contributed by atoms with van der Waals surface area (Å²) in [7, 11) is 0. The quantitative estimate of drug-likeness (QED) is 0.198. The van der Waals surface area contributed by atoms with Crippen LogP contribution in [0.15, 0.2) is 12.2 Å². The summed E-state index contributed by atoms with van der Waals surface area (Å²) >= 11 is 0. The summed E-state index contributed by atoms with van der Waals surface area (Å²) in [5.74, 6) is -1.65. The van der Waals surface area contributed by atoms with Crippen molar-refractivity contribution in [1.29, 1.82) is 0 Å². The molecule has 0 amide bonds. The normalized spacial score (nSPS) is 11.4. The average Bonchev–Trinajstić information content (AvgIpc) is 2.41. The van der Waals surface area contributed by atoms with Crippen LogP contribution in [-0.2, 0) is 33.3 Å². The van der Waals surface area contributed by atoms with E-state index in [4.69, 9.17) is 18.9 Å². The van der Waals surface area contributed by atoms with Crippen molar-refractivity contribution in [1.82, 2.24) is 0 Å². The highest BCUT2D eigenvalue weighted by molar-refractivity contribution is 5.86. The third-order valence-corrected chi connectivity index (χ3v) is 2.16. The van der Waals surface area contributed by atoms with Crippen LogP contribution in [0.2, 0.25) is 0 Å². The summed E-state index contributed by atoms with van der Waals surface area (Å²) in [4.78, 5) is 33.7. The van der Waals surface area contributed by atoms with E-state index in [-0.39, 0.29) is 31.6 Å². The molecule has 0 N–H and O–H groups in total. The van der Waals surface area contributed by atoms with Gasteiger partial charge >= 0.3 is 17.9 Å². The van der Waals surface area contributed by atoms with E-state index in [1.807, 2.05) is 0 Å². The first-order valence-corrected chi connectivity index (χ1v) is 6.66. The summed E-state index contributed by atoms with van der Waals surface area (Å²) in [6.07, 6.45) is -0.839. The van der Waals surface area contributed by atoms with Crippen LogP contribution in [-0.4, -0.2) is 44.0 Å². The molecule has 0 rings (SSSR count). The van der Waals surface area contributed by atoms with Gasteiger partial charge in [0, 0.05) is 12.2 Å². The van der Waals surface area contributed by atoms with Crippen molar-refractivity contribution >= 4 is 17.9 Å². The number of hydrogen-bond acceptors (Lipinski definition) is 7. The summed E-state index contributed by atoms with van der Waals surface area (Å²) in [5, 5.41) is 0. The standard InChI is InChI=1S/C14H22O7/c1-5-18-11(4)21-13(16)7-6-12(15)19-8-9-20-14(17)10(2)3/h11H,2,5-9H2,1,3-4H3. The van der Waals surface area contributed by atoms with Gasteiger partial charge in [0.2, 0.25) is 0 Å². The van der Waals surface area contributed by atoms with Crippen LogP contribution in [0.25, 0.3) is 0 Å². The van der Waals surface area contributed by atoms with Gasteiger partial charge in [0.05, 0.1) is 12.8 Å². The summed E-state index contributed by atoms with van der Waals surface area (Å²) in [5.41, 5.74) is 0.271. The smallest absolute Gasteiger partial charge is 0.333 e. The van der Waals surface area contributed by atoms with Crippen LogP contribution in [0.5, 0.6) is 0 Å². The first-order valence-electron chi connectivity index (χ1n) is 6.66. The van der Waals surface area contributed by atoms with E-state index in [0.717, 1.165) is 0 Å². The van der Waals surface area contributed by atoms with Crippen LogP contribution >= 0.6 is 0 Å². The SMILES string of the molecule is C=C(C)C(=O)OCCOC(=O)CCC(=O)OC(C)OCC. The molecule has 0 saturated heterocycles. The van der Waals surface area contributed by atoms with Gasteiger partial charge in [-0.25, -0.2) is 4.79 Å². The number of carbonyl (C=O) groups excluding carboxylic acids is 3. The molecule has 120 valence electrons. The molecule has 0 aromatic carbocycles. The molecule has 0 aromatic heterocycles. The maximum absolute atomic E-state index is 11.3. The molecule has 0 aromatic rings. The van der Waals surface area contributed by atoms with E-state index in [9.17, 15) is 14.4 Å². The molecule has 0 aliphatic carbocycles. The Morgan fingerprint density at radius 2 is 1.62 bits per heavy atom. The third kappa shape index (κ3) is 10.5. The van der Waals surface area contributed by atoms with Crippen molar-refractivity contribution < 1.29 is 33.3 Å². The monoisotopic (exact) mass is 302 g/mol. The number of esters is 3. The van der Waals surface area contributed by atoms with Gasteiger partial charge in [-0.15, -0.1) is 0 Å². The second-order valence-electron chi connectivity index (χ2n) is 4.15. The molecule has 21 heavy (non-hydrogen) atoms. The van der Waals surface area contributed by atoms with Crippen LogP contribution in [0, 0.1) is 0 Å². The summed E-state index contributed by atoms with van der Waals surface area (Å²) in [6.45, 7) is 8.61. The van der Waals surface area contributed by atoms with Gasteiger partial charge in [-0.2, -0.15) is 0 Å². The summed E-state index contributed by atoms with van der Waals surface area (Å²) in [6, 6.07) is 0. The lowest BCUT2D eigenvalue weighted by Crippen LogP contribution is -2.19. The molecule has 0 bridgehead atoms. The van der Waals surface area contributed by atoms with Crippen LogP contribution in [0.4, 0.5) is 0 Å². The van der Waals surface area contributed by atoms with E-state index < -0.39 is 24.2 Å². The second kappa shape index (κ2) is 10.8. The molecular formula is C14H22O7. The molecule has 0 aliphatic rings. The minimum absolute atomic E-state index is 0.0523. The van der Waals surface area contributed by atoms with E-state index in [0.29, 0.717) is 6.61 Å². The van der Waals surface area contributed by atoms with Gasteiger partial charge in [0.15, 0.2) is 6.29 Å². The number of rotatable bonds is 10. The van der Waals surface area contributed by atoms with E-state index in [1.54, 1.807) is 13.8 Å². The Morgan fingerprint density at radius 1 is 1.05 bits per heavy atom. The van der Waals surface area contributed by atoms with Gasteiger partial charge in [0.1, 0.15) is 13.2 Å². The first kappa shape index (κ1) is 19.1. The lowest BCUT2D eigenvalue weighted by Gasteiger charge is -2.12. The minimum Gasteiger partial charge on any atom is -0.462 e. The fourth-order valence-corrected chi connectivity index (χ4v) is 1.20. The molecule has 0 saturated carbocycles. The van der Waals surface area contributed by atoms with E-state index >= 15 is 0 Å². The zero-order valence-electron chi connectivity index (χ0n) is 12.7. The maximum atomic E-state index is 11.3. The molecule has 0 radical (unpaired) electrons. The lowest BCUT2D eigenvalue weighted by molar-refractivity contribution is -0.175. The Hall–Kier alpha value is -1.89. The van der Waals surface area contributed by atoms with Crippen molar-refractivity contribution in [3.8, 4) is 0 Å². The van der Waals surface area contributed by atoms with Gasteiger partial charge in [0.25, 0.3) is 0 Å². The van der Waals surface area contributed by atoms with Gasteiger partial charge in [-0.05, 0) is 20.8 Å². The van der Waals surface area contributed by atoms with Crippen LogP contribution in [0.3, 0.4) is 0 Å². The zero-order valence-corrected chi connectivity index (χ0v) is 12.7. The molecule has 7 nitrogen and oxygen atoms in total. The lowest BCUT2D eigenvalue weighted by atomic mass is 10.3. The Morgan fingerprint density at radius 3 is 2.19 bits per heavy atom. The average molecular weight is 302 g/mol. The molecular weight excluding hydrogens is 280 g/mol. The Labute approximate surface area is 124 Å². The van der Waals surface area contributed by atoms with Gasteiger partial charge < -0.3 is 18.9 Å². The first-order chi connectivity index (χ1) is 9.86. The molecule has 7 heteroatoms. The van der Waals surface area contributed by atoms with Crippen LogP contribution < -0.4 is 0 Å². The Bertz CT molecular complexity index is 376. The predicted molar refractivity (Wildman–Crippen MR) is 73.1 cm³/mol. The van der Waals surface area contributed by atoms with Crippen molar-refractivity contribution in [2.45, 2.75) is 39.9 Å². The van der Waals surface area contributed by atoms with Crippen molar-refractivity contribution in [2.24, 2.45) is 0 Å². The van der Waals surface area contributed by atoms with Gasteiger partial charge in [-0.3, -0.25) is 9.59 Å². The van der Waals surface area contributed by atoms with E-state index in [1.165, 1.54) is 6.92 Å². The van der Waals surface area contributed by atoms with Crippen molar-refractivity contribution in [3.63, 3.8) is 0 Å². The number of carbonyl (C=O) groups is 3. The summed E-state index contributed by atoms with van der Waals surface area (Å²) < 4.78 is 19.4. The number of hydrogen-bond donors (Lipinski definition) is 0. The zero-order chi connectivity index (χ0) is 16.3. The molecule has 0 heterocycles.